The Bertz CT molecular complexity index is 638. The number of fused-ring (bicyclic) bond motifs is 1. The number of anilines is 1. The Labute approximate surface area is 114 Å². The van der Waals surface area contributed by atoms with Crippen molar-refractivity contribution in [2.75, 3.05) is 12.3 Å². The number of nitrogen functional groups attached to an aromatic ring is 1. The second kappa shape index (κ2) is 4.66. The van der Waals surface area contributed by atoms with Gasteiger partial charge in [-0.1, -0.05) is 0 Å². The molecule has 1 amide bonds. The van der Waals surface area contributed by atoms with Gasteiger partial charge < -0.3 is 10.6 Å². The molecular weight excluding hydrogens is 263 g/mol. The van der Waals surface area contributed by atoms with Crippen molar-refractivity contribution in [3.63, 3.8) is 0 Å². The molecule has 19 heavy (non-hydrogen) atoms. The third-order valence-electron chi connectivity index (χ3n) is 3.32. The number of amides is 1. The second-order valence-electron chi connectivity index (χ2n) is 4.59. The average Bonchev–Trinajstić information content (AvgIpc) is 2.88. The van der Waals surface area contributed by atoms with Crippen LogP contribution in [0.25, 0.3) is 0 Å². The Morgan fingerprint density at radius 2 is 2.21 bits per heavy atom. The van der Waals surface area contributed by atoms with E-state index in [1.165, 1.54) is 23.1 Å². The van der Waals surface area contributed by atoms with Crippen LogP contribution in [0, 0.1) is 5.82 Å². The van der Waals surface area contributed by atoms with Gasteiger partial charge in [-0.15, -0.1) is 11.3 Å². The van der Waals surface area contributed by atoms with E-state index < -0.39 is 5.82 Å². The predicted molar refractivity (Wildman–Crippen MR) is 73.6 cm³/mol. The Morgan fingerprint density at radius 3 is 3.05 bits per heavy atom. The summed E-state index contributed by atoms with van der Waals surface area (Å²) in [6, 6.07) is 6.12. The van der Waals surface area contributed by atoms with Crippen LogP contribution in [0.1, 0.15) is 20.8 Å². The number of nitrogens with zero attached hydrogens (tertiary/aromatic N) is 1. The van der Waals surface area contributed by atoms with Gasteiger partial charge in [-0.05, 0) is 41.6 Å². The number of benzene rings is 1. The summed E-state index contributed by atoms with van der Waals surface area (Å²) in [6.07, 6.45) is 0.836. The standard InChI is InChI=1S/C14H13FN2OS/c15-12-2-1-10(16)7-11(12)14(18)17-5-3-13-9(8-17)4-6-19-13/h1-2,4,6-7H,3,5,8,16H2. The largest absolute Gasteiger partial charge is 0.399 e. The van der Waals surface area contributed by atoms with Gasteiger partial charge in [0.25, 0.3) is 5.91 Å². The minimum Gasteiger partial charge on any atom is -0.399 e. The molecule has 1 aromatic carbocycles. The van der Waals surface area contributed by atoms with Crippen molar-refractivity contribution in [2.45, 2.75) is 13.0 Å². The zero-order valence-corrected chi connectivity index (χ0v) is 11.0. The molecular formula is C14H13FN2OS. The van der Waals surface area contributed by atoms with Crippen molar-refractivity contribution in [3.05, 3.63) is 51.5 Å². The van der Waals surface area contributed by atoms with Crippen LogP contribution in [0.2, 0.25) is 0 Å². The Balaban J connectivity index is 1.87. The highest BCUT2D eigenvalue weighted by Gasteiger charge is 2.24. The van der Waals surface area contributed by atoms with Gasteiger partial charge in [-0.25, -0.2) is 4.39 Å². The zero-order chi connectivity index (χ0) is 13.4. The molecule has 0 fully saturated rings. The molecule has 3 nitrogen and oxygen atoms in total. The van der Waals surface area contributed by atoms with Gasteiger partial charge in [-0.3, -0.25) is 4.79 Å². The molecule has 0 aliphatic carbocycles. The van der Waals surface area contributed by atoms with E-state index in [9.17, 15) is 9.18 Å². The summed E-state index contributed by atoms with van der Waals surface area (Å²) in [4.78, 5) is 15.3. The molecule has 0 radical (unpaired) electrons. The first-order chi connectivity index (χ1) is 9.15. The van der Waals surface area contributed by atoms with Crippen LogP contribution >= 0.6 is 11.3 Å². The monoisotopic (exact) mass is 276 g/mol. The van der Waals surface area contributed by atoms with Crippen molar-refractivity contribution in [1.29, 1.82) is 0 Å². The van der Waals surface area contributed by atoms with E-state index in [1.54, 1.807) is 16.2 Å². The first-order valence-corrected chi connectivity index (χ1v) is 6.92. The first kappa shape index (κ1) is 12.2. The normalized spacial score (nSPS) is 14.3. The SMILES string of the molecule is Nc1ccc(F)c(C(=O)N2CCc3sccc3C2)c1. The van der Waals surface area contributed by atoms with Crippen LogP contribution < -0.4 is 5.73 Å². The molecule has 1 aromatic heterocycles. The van der Waals surface area contributed by atoms with Crippen LogP contribution in [-0.2, 0) is 13.0 Å². The van der Waals surface area contributed by atoms with Gasteiger partial charge in [0.05, 0.1) is 5.56 Å². The molecule has 2 N–H and O–H groups in total. The molecule has 98 valence electrons. The van der Waals surface area contributed by atoms with E-state index in [0.717, 1.165) is 12.0 Å². The molecule has 1 aliphatic heterocycles. The van der Waals surface area contributed by atoms with Crippen LogP contribution in [0.15, 0.2) is 29.6 Å². The summed E-state index contributed by atoms with van der Waals surface area (Å²) in [7, 11) is 0. The van der Waals surface area contributed by atoms with Crippen molar-refractivity contribution >= 4 is 22.9 Å². The number of nitrogens with two attached hydrogens (primary N) is 1. The zero-order valence-electron chi connectivity index (χ0n) is 10.2. The van der Waals surface area contributed by atoms with Gasteiger partial charge in [-0.2, -0.15) is 0 Å². The summed E-state index contributed by atoms with van der Waals surface area (Å²) in [6.45, 7) is 1.17. The number of carbonyl (C=O) groups excluding carboxylic acids is 1. The molecule has 2 heterocycles. The quantitative estimate of drug-likeness (QED) is 0.814. The second-order valence-corrected chi connectivity index (χ2v) is 5.59. The molecule has 0 atom stereocenters. The summed E-state index contributed by atoms with van der Waals surface area (Å²) in [5.41, 5.74) is 7.24. The van der Waals surface area contributed by atoms with Gasteiger partial charge in [0, 0.05) is 23.7 Å². The minimum atomic E-state index is -0.518. The molecule has 0 unspecified atom stereocenters. The maximum atomic E-state index is 13.7. The lowest BCUT2D eigenvalue weighted by molar-refractivity contribution is 0.0731. The van der Waals surface area contributed by atoms with Crippen molar-refractivity contribution in [2.24, 2.45) is 0 Å². The first-order valence-electron chi connectivity index (χ1n) is 6.04. The highest BCUT2D eigenvalue weighted by atomic mass is 32.1. The Hall–Kier alpha value is -1.88. The van der Waals surface area contributed by atoms with Crippen LogP contribution in [0.4, 0.5) is 10.1 Å². The molecule has 0 spiro atoms. The van der Waals surface area contributed by atoms with Gasteiger partial charge in [0.1, 0.15) is 5.82 Å². The lowest BCUT2D eigenvalue weighted by Crippen LogP contribution is -2.35. The fourth-order valence-electron chi connectivity index (χ4n) is 2.30. The molecule has 0 bridgehead atoms. The van der Waals surface area contributed by atoms with E-state index in [4.69, 9.17) is 5.73 Å². The highest BCUT2D eigenvalue weighted by Crippen LogP contribution is 2.25. The Morgan fingerprint density at radius 1 is 1.37 bits per heavy atom. The van der Waals surface area contributed by atoms with E-state index in [-0.39, 0.29) is 11.5 Å². The van der Waals surface area contributed by atoms with Crippen molar-refractivity contribution in [1.82, 2.24) is 4.90 Å². The summed E-state index contributed by atoms with van der Waals surface area (Å²) in [5.74, 6) is -0.808. The van der Waals surface area contributed by atoms with Crippen LogP contribution in [-0.4, -0.2) is 17.4 Å². The van der Waals surface area contributed by atoms with Crippen LogP contribution in [0.5, 0.6) is 0 Å². The van der Waals surface area contributed by atoms with E-state index in [1.807, 2.05) is 11.4 Å². The van der Waals surface area contributed by atoms with Crippen LogP contribution in [0.3, 0.4) is 0 Å². The predicted octanol–water partition coefficient (Wildman–Crippen LogP) is 2.67. The number of rotatable bonds is 1. The van der Waals surface area contributed by atoms with Crippen molar-refractivity contribution in [3.8, 4) is 0 Å². The van der Waals surface area contributed by atoms with Gasteiger partial charge in [0.15, 0.2) is 0 Å². The highest BCUT2D eigenvalue weighted by molar-refractivity contribution is 7.10. The number of hydrogen-bond acceptors (Lipinski definition) is 3. The number of hydrogen-bond donors (Lipinski definition) is 1. The maximum absolute atomic E-state index is 13.7. The third-order valence-corrected chi connectivity index (χ3v) is 4.34. The number of carbonyl (C=O) groups is 1. The fraction of sp³-hybridized carbons (Fsp3) is 0.214. The number of halogens is 1. The summed E-state index contributed by atoms with van der Waals surface area (Å²) >= 11 is 1.71. The van der Waals surface area contributed by atoms with Crippen molar-refractivity contribution < 1.29 is 9.18 Å². The van der Waals surface area contributed by atoms with E-state index in [2.05, 4.69) is 0 Å². The summed E-state index contributed by atoms with van der Waals surface area (Å²) in [5, 5.41) is 2.03. The van der Waals surface area contributed by atoms with E-state index in [0.29, 0.717) is 18.8 Å². The third kappa shape index (κ3) is 2.21. The summed E-state index contributed by atoms with van der Waals surface area (Å²) < 4.78 is 13.7. The number of thiophene rings is 1. The molecule has 2 aromatic rings. The molecule has 5 heteroatoms. The molecule has 0 saturated carbocycles. The molecule has 1 aliphatic rings. The minimum absolute atomic E-state index is 0.0543. The van der Waals surface area contributed by atoms with Gasteiger partial charge in [0.2, 0.25) is 0 Å². The average molecular weight is 276 g/mol. The maximum Gasteiger partial charge on any atom is 0.257 e. The van der Waals surface area contributed by atoms with Gasteiger partial charge >= 0.3 is 0 Å². The lowest BCUT2D eigenvalue weighted by Gasteiger charge is -2.27. The fourth-order valence-corrected chi connectivity index (χ4v) is 3.19. The smallest absolute Gasteiger partial charge is 0.257 e. The molecule has 0 saturated heterocycles. The Kier molecular flexibility index (Phi) is 2.98. The van der Waals surface area contributed by atoms with E-state index >= 15 is 0 Å². The topological polar surface area (TPSA) is 46.3 Å². The molecule has 3 rings (SSSR count). The lowest BCUT2D eigenvalue weighted by atomic mass is 10.1.